The van der Waals surface area contributed by atoms with Crippen LogP contribution in [-0.2, 0) is 17.6 Å². The molecule has 0 unspecified atom stereocenters. The number of amides is 1. The molecule has 2 aliphatic rings. The minimum atomic E-state index is 0.0149. The van der Waals surface area contributed by atoms with Crippen molar-refractivity contribution in [1.82, 2.24) is 5.32 Å². The van der Waals surface area contributed by atoms with Crippen molar-refractivity contribution in [3.05, 3.63) is 47.0 Å². The number of hydrogen-bond acceptors (Lipinski definition) is 2. The van der Waals surface area contributed by atoms with Crippen molar-refractivity contribution in [2.45, 2.75) is 31.8 Å². The van der Waals surface area contributed by atoms with Crippen LogP contribution in [0.15, 0.2) is 30.3 Å². The van der Waals surface area contributed by atoms with Crippen molar-refractivity contribution in [3.8, 4) is 0 Å². The van der Waals surface area contributed by atoms with E-state index in [1.807, 2.05) is 6.07 Å². The van der Waals surface area contributed by atoms with Gasteiger partial charge in [-0.2, -0.15) is 0 Å². The first kappa shape index (κ1) is 12.8. The SMILES string of the molecule is O=C(NC[C@H]1CCCO1)c1ccc2c3c(cccc13)CC2. The van der Waals surface area contributed by atoms with Gasteiger partial charge in [0.15, 0.2) is 0 Å². The van der Waals surface area contributed by atoms with Crippen LogP contribution in [-0.4, -0.2) is 25.2 Å². The van der Waals surface area contributed by atoms with Crippen LogP contribution in [0.1, 0.15) is 34.3 Å². The monoisotopic (exact) mass is 281 g/mol. The smallest absolute Gasteiger partial charge is 0.252 e. The van der Waals surface area contributed by atoms with Gasteiger partial charge in [0.2, 0.25) is 0 Å². The summed E-state index contributed by atoms with van der Waals surface area (Å²) in [7, 11) is 0. The highest BCUT2D eigenvalue weighted by Gasteiger charge is 2.20. The van der Waals surface area contributed by atoms with E-state index in [2.05, 4.69) is 29.6 Å². The van der Waals surface area contributed by atoms with Gasteiger partial charge in [-0.1, -0.05) is 24.3 Å². The van der Waals surface area contributed by atoms with Gasteiger partial charge in [-0.15, -0.1) is 0 Å². The van der Waals surface area contributed by atoms with Gasteiger partial charge in [-0.3, -0.25) is 4.79 Å². The Hall–Kier alpha value is -1.87. The van der Waals surface area contributed by atoms with Crippen LogP contribution in [0.3, 0.4) is 0 Å². The second-order valence-corrected chi connectivity index (χ2v) is 5.96. The molecule has 0 bridgehead atoms. The minimum absolute atomic E-state index is 0.0149. The van der Waals surface area contributed by atoms with Crippen LogP contribution in [0.5, 0.6) is 0 Å². The minimum Gasteiger partial charge on any atom is -0.376 e. The standard InChI is InChI=1S/C18H19NO2/c20-18(19-11-14-4-2-10-21-14)16-9-8-13-7-6-12-3-1-5-15(16)17(12)13/h1,3,5,8-9,14H,2,4,6-7,10-11H2,(H,19,20)/t14-/m1/s1. The number of carbonyl (C=O) groups is 1. The van der Waals surface area contributed by atoms with Gasteiger partial charge >= 0.3 is 0 Å². The Labute approximate surface area is 124 Å². The molecule has 0 spiro atoms. The highest BCUT2D eigenvalue weighted by molar-refractivity contribution is 6.09. The lowest BCUT2D eigenvalue weighted by Crippen LogP contribution is -2.31. The van der Waals surface area contributed by atoms with Crippen molar-refractivity contribution >= 4 is 16.7 Å². The molecule has 1 saturated heterocycles. The Morgan fingerprint density at radius 1 is 1.19 bits per heavy atom. The molecule has 21 heavy (non-hydrogen) atoms. The van der Waals surface area contributed by atoms with Crippen LogP contribution in [0.25, 0.3) is 10.8 Å². The molecule has 1 N–H and O–H groups in total. The summed E-state index contributed by atoms with van der Waals surface area (Å²) in [6.07, 6.45) is 4.51. The first-order valence-electron chi connectivity index (χ1n) is 7.76. The predicted octanol–water partition coefficient (Wildman–Crippen LogP) is 2.85. The van der Waals surface area contributed by atoms with E-state index in [0.717, 1.165) is 43.2 Å². The van der Waals surface area contributed by atoms with E-state index in [0.29, 0.717) is 6.54 Å². The fraction of sp³-hybridized carbons (Fsp3) is 0.389. The lowest BCUT2D eigenvalue weighted by Gasteiger charge is -2.12. The van der Waals surface area contributed by atoms with E-state index < -0.39 is 0 Å². The lowest BCUT2D eigenvalue weighted by atomic mass is 9.99. The Bertz CT molecular complexity index is 691. The second-order valence-electron chi connectivity index (χ2n) is 5.96. The van der Waals surface area contributed by atoms with E-state index in [1.54, 1.807) is 0 Å². The van der Waals surface area contributed by atoms with Gasteiger partial charge in [-0.05, 0) is 53.6 Å². The maximum atomic E-state index is 12.5. The van der Waals surface area contributed by atoms with Crippen LogP contribution < -0.4 is 5.32 Å². The van der Waals surface area contributed by atoms with Crippen molar-refractivity contribution < 1.29 is 9.53 Å². The summed E-state index contributed by atoms with van der Waals surface area (Å²) in [5, 5.41) is 5.41. The van der Waals surface area contributed by atoms with E-state index >= 15 is 0 Å². The maximum absolute atomic E-state index is 12.5. The van der Waals surface area contributed by atoms with Gasteiger partial charge in [0.05, 0.1) is 6.10 Å². The largest absolute Gasteiger partial charge is 0.376 e. The summed E-state index contributed by atoms with van der Waals surface area (Å²) in [5.74, 6) is 0.0149. The molecule has 3 heteroatoms. The number of hydrogen-bond donors (Lipinski definition) is 1. The molecule has 0 aromatic heterocycles. The van der Waals surface area contributed by atoms with Crippen LogP contribution in [0.2, 0.25) is 0 Å². The molecule has 1 heterocycles. The molecular formula is C18H19NO2. The summed E-state index contributed by atoms with van der Waals surface area (Å²) in [6, 6.07) is 10.4. The zero-order valence-corrected chi connectivity index (χ0v) is 12.0. The number of carbonyl (C=O) groups excluding carboxylic acids is 1. The highest BCUT2D eigenvalue weighted by atomic mass is 16.5. The fourth-order valence-electron chi connectivity index (χ4n) is 3.55. The molecular weight excluding hydrogens is 262 g/mol. The normalized spacial score (nSPS) is 20.1. The molecule has 4 rings (SSSR count). The summed E-state index contributed by atoms with van der Waals surface area (Å²) < 4.78 is 5.56. The number of aryl methyl sites for hydroxylation is 2. The quantitative estimate of drug-likeness (QED) is 0.939. The Morgan fingerprint density at radius 3 is 2.86 bits per heavy atom. The average molecular weight is 281 g/mol. The van der Waals surface area contributed by atoms with Crippen LogP contribution >= 0.6 is 0 Å². The van der Waals surface area contributed by atoms with Crippen LogP contribution in [0, 0.1) is 0 Å². The summed E-state index contributed by atoms with van der Waals surface area (Å²) in [5.41, 5.74) is 3.53. The molecule has 1 amide bonds. The van der Waals surface area contributed by atoms with E-state index in [1.165, 1.54) is 16.5 Å². The van der Waals surface area contributed by atoms with E-state index in [4.69, 9.17) is 4.74 Å². The zero-order valence-electron chi connectivity index (χ0n) is 12.0. The molecule has 2 aromatic carbocycles. The first-order chi connectivity index (χ1) is 10.3. The lowest BCUT2D eigenvalue weighted by molar-refractivity contribution is 0.0859. The molecule has 0 radical (unpaired) electrons. The molecule has 1 atom stereocenters. The molecule has 0 saturated carbocycles. The third-order valence-corrected chi connectivity index (χ3v) is 4.64. The third kappa shape index (κ3) is 2.22. The average Bonchev–Trinajstić information content (AvgIpc) is 3.16. The molecule has 2 aromatic rings. The molecule has 1 fully saturated rings. The highest BCUT2D eigenvalue weighted by Crippen LogP contribution is 2.32. The van der Waals surface area contributed by atoms with Crippen molar-refractivity contribution in [3.63, 3.8) is 0 Å². The summed E-state index contributed by atoms with van der Waals surface area (Å²) in [6.45, 7) is 1.43. The molecule has 1 aliphatic heterocycles. The Morgan fingerprint density at radius 2 is 2.05 bits per heavy atom. The number of benzene rings is 2. The third-order valence-electron chi connectivity index (χ3n) is 4.64. The molecule has 3 nitrogen and oxygen atoms in total. The second kappa shape index (κ2) is 5.15. The van der Waals surface area contributed by atoms with Crippen LogP contribution in [0.4, 0.5) is 0 Å². The van der Waals surface area contributed by atoms with Gasteiger partial charge in [0.1, 0.15) is 0 Å². The fourth-order valence-corrected chi connectivity index (χ4v) is 3.55. The summed E-state index contributed by atoms with van der Waals surface area (Å²) >= 11 is 0. The zero-order chi connectivity index (χ0) is 14.2. The first-order valence-corrected chi connectivity index (χ1v) is 7.76. The maximum Gasteiger partial charge on any atom is 0.252 e. The molecule has 108 valence electrons. The van der Waals surface area contributed by atoms with Crippen molar-refractivity contribution in [1.29, 1.82) is 0 Å². The number of ether oxygens (including phenoxy) is 1. The van der Waals surface area contributed by atoms with Crippen molar-refractivity contribution in [2.75, 3.05) is 13.2 Å². The number of rotatable bonds is 3. The predicted molar refractivity (Wildman–Crippen MR) is 82.7 cm³/mol. The van der Waals surface area contributed by atoms with Crippen molar-refractivity contribution in [2.24, 2.45) is 0 Å². The van der Waals surface area contributed by atoms with Gasteiger partial charge in [0, 0.05) is 18.7 Å². The number of nitrogens with one attached hydrogen (secondary N) is 1. The van der Waals surface area contributed by atoms with Gasteiger partial charge < -0.3 is 10.1 Å². The van der Waals surface area contributed by atoms with E-state index in [9.17, 15) is 4.79 Å². The Balaban J connectivity index is 1.63. The topological polar surface area (TPSA) is 38.3 Å². The molecule has 1 aliphatic carbocycles. The Kier molecular flexibility index (Phi) is 3.15. The summed E-state index contributed by atoms with van der Waals surface area (Å²) in [4.78, 5) is 12.5. The van der Waals surface area contributed by atoms with Gasteiger partial charge in [-0.25, -0.2) is 0 Å². The van der Waals surface area contributed by atoms with E-state index in [-0.39, 0.29) is 12.0 Å². The van der Waals surface area contributed by atoms with Gasteiger partial charge in [0.25, 0.3) is 5.91 Å².